The van der Waals surface area contributed by atoms with Gasteiger partial charge in [0.05, 0.1) is 13.7 Å². The van der Waals surface area contributed by atoms with E-state index in [1.165, 1.54) is 0 Å². The van der Waals surface area contributed by atoms with Crippen LogP contribution in [0, 0.1) is 0 Å². The van der Waals surface area contributed by atoms with Gasteiger partial charge in [-0.1, -0.05) is 35.9 Å². The normalized spacial score (nSPS) is 11.0. The number of hydrogen-bond acceptors (Lipinski definition) is 3. The second-order valence-corrected chi connectivity index (χ2v) is 5.97. The van der Waals surface area contributed by atoms with Gasteiger partial charge in [0.25, 0.3) is 0 Å². The van der Waals surface area contributed by atoms with Crippen molar-refractivity contribution < 1.29 is 9.53 Å². The summed E-state index contributed by atoms with van der Waals surface area (Å²) in [6.45, 7) is 1.18. The first-order valence-electron chi connectivity index (χ1n) is 8.19. The lowest BCUT2D eigenvalue weighted by atomic mass is 10.2. The Hall–Kier alpha value is -2.73. The Bertz CT molecular complexity index is 730. The number of guanidine groups is 1. The summed E-state index contributed by atoms with van der Waals surface area (Å²) in [4.78, 5) is 16.1. The van der Waals surface area contributed by atoms with E-state index in [2.05, 4.69) is 20.9 Å². The van der Waals surface area contributed by atoms with Crippen molar-refractivity contribution >= 4 is 23.5 Å². The van der Waals surface area contributed by atoms with Gasteiger partial charge in [0.1, 0.15) is 5.75 Å². The molecule has 0 heterocycles. The summed E-state index contributed by atoms with van der Waals surface area (Å²) in [6.07, 6.45) is 0. The van der Waals surface area contributed by atoms with Crippen LogP contribution < -0.4 is 20.7 Å². The van der Waals surface area contributed by atoms with Crippen LogP contribution in [0.2, 0.25) is 5.02 Å². The van der Waals surface area contributed by atoms with E-state index in [4.69, 9.17) is 16.3 Å². The van der Waals surface area contributed by atoms with Crippen molar-refractivity contribution in [2.24, 2.45) is 4.99 Å². The monoisotopic (exact) mass is 374 g/mol. The van der Waals surface area contributed by atoms with Crippen molar-refractivity contribution in [3.63, 3.8) is 0 Å². The van der Waals surface area contributed by atoms with E-state index in [1.54, 1.807) is 14.2 Å². The highest BCUT2D eigenvalue weighted by molar-refractivity contribution is 6.30. The van der Waals surface area contributed by atoms with Gasteiger partial charge in [0.15, 0.2) is 5.96 Å². The molecular weight excluding hydrogens is 352 g/mol. The maximum Gasteiger partial charge on any atom is 0.239 e. The lowest BCUT2D eigenvalue weighted by Crippen LogP contribution is -2.42. The molecule has 0 bridgehead atoms. The van der Waals surface area contributed by atoms with Gasteiger partial charge >= 0.3 is 0 Å². The van der Waals surface area contributed by atoms with Gasteiger partial charge in [-0.25, -0.2) is 0 Å². The third kappa shape index (κ3) is 6.64. The average molecular weight is 375 g/mol. The molecule has 0 spiro atoms. The van der Waals surface area contributed by atoms with Crippen LogP contribution in [0.1, 0.15) is 11.1 Å². The molecule has 0 aliphatic heterocycles. The number of halogens is 1. The highest BCUT2D eigenvalue weighted by atomic mass is 35.5. The van der Waals surface area contributed by atoms with Crippen LogP contribution >= 0.6 is 11.6 Å². The number of rotatable bonds is 7. The summed E-state index contributed by atoms with van der Waals surface area (Å²) in [5.41, 5.74) is 2.07. The number of carbonyl (C=O) groups is 1. The largest absolute Gasteiger partial charge is 0.497 e. The molecule has 7 heteroatoms. The molecule has 0 aromatic heterocycles. The summed E-state index contributed by atoms with van der Waals surface area (Å²) < 4.78 is 5.11. The molecule has 0 saturated heterocycles. The zero-order valence-corrected chi connectivity index (χ0v) is 15.6. The van der Waals surface area contributed by atoms with Crippen LogP contribution in [0.3, 0.4) is 0 Å². The summed E-state index contributed by atoms with van der Waals surface area (Å²) in [5.74, 6) is 1.23. The van der Waals surface area contributed by atoms with Gasteiger partial charge in [-0.05, 0) is 35.4 Å². The fourth-order valence-corrected chi connectivity index (χ4v) is 2.31. The Morgan fingerprint density at radius 2 is 1.54 bits per heavy atom. The lowest BCUT2D eigenvalue weighted by molar-refractivity contribution is -0.120. The van der Waals surface area contributed by atoms with Gasteiger partial charge in [-0.2, -0.15) is 0 Å². The van der Waals surface area contributed by atoms with Gasteiger partial charge in [-0.15, -0.1) is 0 Å². The zero-order valence-electron chi connectivity index (χ0n) is 14.9. The van der Waals surface area contributed by atoms with Crippen LogP contribution in [0.25, 0.3) is 0 Å². The third-order valence-electron chi connectivity index (χ3n) is 3.66. The quantitative estimate of drug-likeness (QED) is 0.513. The molecule has 1 amide bonds. The van der Waals surface area contributed by atoms with Crippen molar-refractivity contribution in [1.82, 2.24) is 16.0 Å². The smallest absolute Gasteiger partial charge is 0.239 e. The summed E-state index contributed by atoms with van der Waals surface area (Å²) in [7, 11) is 3.28. The molecule has 138 valence electrons. The van der Waals surface area contributed by atoms with Gasteiger partial charge in [0, 0.05) is 25.2 Å². The van der Waals surface area contributed by atoms with E-state index >= 15 is 0 Å². The molecule has 0 saturated carbocycles. The Balaban J connectivity index is 1.71. The topological polar surface area (TPSA) is 74.8 Å². The number of benzene rings is 2. The van der Waals surface area contributed by atoms with Gasteiger partial charge in [-0.3, -0.25) is 9.79 Å². The molecule has 0 aliphatic rings. The molecule has 3 N–H and O–H groups in total. The minimum Gasteiger partial charge on any atom is -0.497 e. The first kappa shape index (κ1) is 19.6. The molecule has 2 aromatic rings. The maximum absolute atomic E-state index is 12.0. The van der Waals surface area contributed by atoms with E-state index in [0.717, 1.165) is 16.9 Å². The Labute approximate surface area is 158 Å². The molecule has 0 atom stereocenters. The first-order chi connectivity index (χ1) is 12.6. The SMILES string of the molecule is CN=C(NCC(=O)NCc1ccc(OC)cc1)NCc1ccc(Cl)cc1. The Morgan fingerprint density at radius 1 is 0.962 bits per heavy atom. The Morgan fingerprint density at radius 3 is 2.12 bits per heavy atom. The third-order valence-corrected chi connectivity index (χ3v) is 3.91. The maximum atomic E-state index is 12.0. The first-order valence-corrected chi connectivity index (χ1v) is 8.57. The lowest BCUT2D eigenvalue weighted by Gasteiger charge is -2.12. The fourth-order valence-electron chi connectivity index (χ4n) is 2.18. The number of methoxy groups -OCH3 is 1. The van der Waals surface area contributed by atoms with E-state index in [1.807, 2.05) is 48.5 Å². The molecule has 6 nitrogen and oxygen atoms in total. The molecular formula is C19H23ClN4O2. The van der Waals surface area contributed by atoms with Crippen molar-refractivity contribution in [2.75, 3.05) is 20.7 Å². The predicted molar refractivity (Wildman–Crippen MR) is 104 cm³/mol. The molecule has 26 heavy (non-hydrogen) atoms. The number of nitrogens with zero attached hydrogens (tertiary/aromatic N) is 1. The van der Waals surface area contributed by atoms with Crippen LogP contribution in [-0.4, -0.2) is 32.6 Å². The fraction of sp³-hybridized carbons (Fsp3) is 0.263. The number of carbonyl (C=O) groups excluding carboxylic acids is 1. The number of nitrogens with one attached hydrogen (secondary N) is 3. The van der Waals surface area contributed by atoms with E-state index < -0.39 is 0 Å². The van der Waals surface area contributed by atoms with Gasteiger partial charge in [0.2, 0.25) is 5.91 Å². The molecule has 2 rings (SSSR count). The molecule has 0 unspecified atom stereocenters. The summed E-state index contributed by atoms with van der Waals surface area (Å²) >= 11 is 5.87. The summed E-state index contributed by atoms with van der Waals surface area (Å²) in [6, 6.07) is 15.1. The zero-order chi connectivity index (χ0) is 18.8. The van der Waals surface area contributed by atoms with Crippen molar-refractivity contribution in [2.45, 2.75) is 13.1 Å². The van der Waals surface area contributed by atoms with Crippen molar-refractivity contribution in [1.29, 1.82) is 0 Å². The highest BCUT2D eigenvalue weighted by Crippen LogP contribution is 2.11. The average Bonchev–Trinajstić information content (AvgIpc) is 2.68. The molecule has 2 aromatic carbocycles. The van der Waals surface area contributed by atoms with E-state index in [9.17, 15) is 4.79 Å². The second-order valence-electron chi connectivity index (χ2n) is 5.53. The van der Waals surface area contributed by atoms with Crippen LogP contribution in [0.15, 0.2) is 53.5 Å². The minimum atomic E-state index is -0.115. The van der Waals surface area contributed by atoms with E-state index in [0.29, 0.717) is 24.1 Å². The second kappa shape index (κ2) is 10.3. The standard InChI is InChI=1S/C19H23ClN4O2/c1-21-19(23-12-14-3-7-16(20)8-4-14)24-13-18(25)22-11-15-5-9-17(26-2)10-6-15/h3-10H,11-13H2,1-2H3,(H,22,25)(H2,21,23,24). The number of ether oxygens (including phenoxy) is 1. The number of hydrogen-bond donors (Lipinski definition) is 3. The summed E-state index contributed by atoms with van der Waals surface area (Å²) in [5, 5.41) is 9.69. The Kier molecular flexibility index (Phi) is 7.76. The van der Waals surface area contributed by atoms with Crippen LogP contribution in [0.5, 0.6) is 5.75 Å². The van der Waals surface area contributed by atoms with Gasteiger partial charge < -0.3 is 20.7 Å². The number of amides is 1. The molecule has 0 aliphatic carbocycles. The van der Waals surface area contributed by atoms with E-state index in [-0.39, 0.29) is 12.5 Å². The predicted octanol–water partition coefficient (Wildman–Crippen LogP) is 2.33. The van der Waals surface area contributed by atoms with Crippen LogP contribution in [-0.2, 0) is 17.9 Å². The molecule has 0 radical (unpaired) electrons. The van der Waals surface area contributed by atoms with Crippen LogP contribution in [0.4, 0.5) is 0 Å². The highest BCUT2D eigenvalue weighted by Gasteiger charge is 2.04. The van der Waals surface area contributed by atoms with Crippen molar-refractivity contribution in [3.05, 3.63) is 64.7 Å². The van der Waals surface area contributed by atoms with Crippen molar-refractivity contribution in [3.8, 4) is 5.75 Å². The molecule has 0 fully saturated rings. The minimum absolute atomic E-state index is 0.115. The number of aliphatic imine (C=N–C) groups is 1.